The van der Waals surface area contributed by atoms with Crippen molar-refractivity contribution in [1.82, 2.24) is 15.2 Å². The second-order valence-electron chi connectivity index (χ2n) is 5.25. The van der Waals surface area contributed by atoms with Crippen molar-refractivity contribution in [3.63, 3.8) is 0 Å². The van der Waals surface area contributed by atoms with Crippen LogP contribution in [-0.2, 0) is 0 Å². The molecule has 1 aliphatic rings. The highest BCUT2D eigenvalue weighted by atomic mass is 15.4. The average Bonchev–Trinajstić information content (AvgIpc) is 2.98. The lowest BCUT2D eigenvalue weighted by Crippen LogP contribution is -2.26. The fraction of sp³-hybridized carbons (Fsp3) is 0.429. The van der Waals surface area contributed by atoms with Crippen molar-refractivity contribution in [2.24, 2.45) is 5.73 Å². The van der Waals surface area contributed by atoms with Gasteiger partial charge in [0.1, 0.15) is 0 Å². The number of aromatic nitrogens is 3. The standard InChI is InChI=1S/C14H19N5/c1-9-4-3-5-10(2)12(9)13-16-14(18-17-13)19-7-6-11(15)8-19/h3-5,11H,6-8,15H2,1-2H3,(H,16,17,18). The highest BCUT2D eigenvalue weighted by Gasteiger charge is 2.23. The molecule has 5 nitrogen and oxygen atoms in total. The van der Waals surface area contributed by atoms with Crippen LogP contribution in [0.3, 0.4) is 0 Å². The van der Waals surface area contributed by atoms with E-state index in [2.05, 4.69) is 52.1 Å². The summed E-state index contributed by atoms with van der Waals surface area (Å²) in [6.45, 7) is 5.96. The van der Waals surface area contributed by atoms with Crippen molar-refractivity contribution >= 4 is 5.95 Å². The highest BCUT2D eigenvalue weighted by molar-refractivity contribution is 5.65. The minimum absolute atomic E-state index is 0.238. The van der Waals surface area contributed by atoms with E-state index in [0.29, 0.717) is 0 Å². The largest absolute Gasteiger partial charge is 0.338 e. The van der Waals surface area contributed by atoms with Crippen LogP contribution in [0.5, 0.6) is 0 Å². The molecule has 0 radical (unpaired) electrons. The summed E-state index contributed by atoms with van der Waals surface area (Å²) in [7, 11) is 0. The third-order valence-electron chi connectivity index (χ3n) is 3.70. The van der Waals surface area contributed by atoms with E-state index < -0.39 is 0 Å². The number of H-pyrrole nitrogens is 1. The molecule has 100 valence electrons. The fourth-order valence-corrected chi connectivity index (χ4v) is 2.66. The lowest BCUT2D eigenvalue weighted by molar-refractivity contribution is 0.750. The quantitative estimate of drug-likeness (QED) is 0.857. The van der Waals surface area contributed by atoms with E-state index >= 15 is 0 Å². The normalized spacial score (nSPS) is 19.1. The second kappa shape index (κ2) is 4.66. The van der Waals surface area contributed by atoms with Gasteiger partial charge in [-0.3, -0.25) is 5.10 Å². The van der Waals surface area contributed by atoms with E-state index in [-0.39, 0.29) is 6.04 Å². The van der Waals surface area contributed by atoms with E-state index in [9.17, 15) is 0 Å². The Balaban J connectivity index is 1.93. The number of aryl methyl sites for hydroxylation is 2. The van der Waals surface area contributed by atoms with E-state index in [0.717, 1.165) is 36.8 Å². The zero-order chi connectivity index (χ0) is 13.4. The van der Waals surface area contributed by atoms with Gasteiger partial charge in [-0.25, -0.2) is 0 Å². The number of aromatic amines is 1. The summed E-state index contributed by atoms with van der Waals surface area (Å²) >= 11 is 0. The Labute approximate surface area is 112 Å². The zero-order valence-electron chi connectivity index (χ0n) is 11.3. The molecule has 3 N–H and O–H groups in total. The fourth-order valence-electron chi connectivity index (χ4n) is 2.66. The summed E-state index contributed by atoms with van der Waals surface area (Å²) in [5.41, 5.74) is 9.48. The van der Waals surface area contributed by atoms with Crippen molar-refractivity contribution in [3.8, 4) is 11.4 Å². The van der Waals surface area contributed by atoms with Gasteiger partial charge in [0.2, 0.25) is 5.95 Å². The van der Waals surface area contributed by atoms with Gasteiger partial charge in [-0.1, -0.05) is 18.2 Å². The zero-order valence-corrected chi connectivity index (χ0v) is 11.3. The van der Waals surface area contributed by atoms with Crippen molar-refractivity contribution < 1.29 is 0 Å². The molecule has 1 atom stereocenters. The van der Waals surface area contributed by atoms with Crippen LogP contribution in [-0.4, -0.2) is 34.3 Å². The lowest BCUT2D eigenvalue weighted by atomic mass is 10.0. The van der Waals surface area contributed by atoms with Crippen LogP contribution >= 0.6 is 0 Å². The topological polar surface area (TPSA) is 70.8 Å². The monoisotopic (exact) mass is 257 g/mol. The van der Waals surface area contributed by atoms with Gasteiger partial charge in [0.25, 0.3) is 0 Å². The molecule has 2 heterocycles. The average molecular weight is 257 g/mol. The van der Waals surface area contributed by atoms with E-state index in [1.54, 1.807) is 0 Å². The molecule has 2 aromatic rings. The number of nitrogens with zero attached hydrogens (tertiary/aromatic N) is 3. The number of hydrogen-bond donors (Lipinski definition) is 2. The Bertz CT molecular complexity index is 569. The molecule has 1 unspecified atom stereocenters. The number of rotatable bonds is 2. The van der Waals surface area contributed by atoms with Crippen molar-refractivity contribution in [3.05, 3.63) is 29.3 Å². The van der Waals surface area contributed by atoms with Gasteiger partial charge in [0.15, 0.2) is 5.82 Å². The molecule has 1 aromatic carbocycles. The Hall–Kier alpha value is -1.88. The first kappa shape index (κ1) is 12.2. The van der Waals surface area contributed by atoms with Gasteiger partial charge >= 0.3 is 0 Å². The molecule has 1 saturated heterocycles. The predicted octanol–water partition coefficient (Wildman–Crippen LogP) is 1.63. The first-order valence-electron chi connectivity index (χ1n) is 6.64. The first-order chi connectivity index (χ1) is 9.15. The van der Waals surface area contributed by atoms with Gasteiger partial charge in [-0.15, -0.1) is 5.10 Å². The molecule has 3 rings (SSSR count). The molecule has 0 bridgehead atoms. The maximum absolute atomic E-state index is 5.92. The van der Waals surface area contributed by atoms with E-state index in [1.165, 1.54) is 11.1 Å². The summed E-state index contributed by atoms with van der Waals surface area (Å²) in [5.74, 6) is 1.59. The Kier molecular flexibility index (Phi) is 2.98. The number of nitrogens with two attached hydrogens (primary N) is 1. The van der Waals surface area contributed by atoms with Crippen LogP contribution in [0.4, 0.5) is 5.95 Å². The smallest absolute Gasteiger partial charge is 0.245 e. The summed E-state index contributed by atoms with van der Waals surface area (Å²) < 4.78 is 0. The number of nitrogens with one attached hydrogen (secondary N) is 1. The summed E-state index contributed by atoms with van der Waals surface area (Å²) in [6.07, 6.45) is 1.01. The third-order valence-corrected chi connectivity index (χ3v) is 3.70. The van der Waals surface area contributed by atoms with Gasteiger partial charge in [-0.2, -0.15) is 4.98 Å². The molecular formula is C14H19N5. The summed E-state index contributed by atoms with van der Waals surface area (Å²) in [6, 6.07) is 6.49. The molecule has 1 aliphatic heterocycles. The second-order valence-corrected chi connectivity index (χ2v) is 5.25. The molecule has 19 heavy (non-hydrogen) atoms. The molecule has 0 amide bonds. The molecule has 0 aliphatic carbocycles. The molecule has 0 saturated carbocycles. The van der Waals surface area contributed by atoms with Gasteiger partial charge in [0.05, 0.1) is 0 Å². The van der Waals surface area contributed by atoms with E-state index in [4.69, 9.17) is 5.73 Å². The van der Waals surface area contributed by atoms with Gasteiger partial charge in [-0.05, 0) is 31.4 Å². The van der Waals surface area contributed by atoms with Crippen LogP contribution in [0, 0.1) is 13.8 Å². The van der Waals surface area contributed by atoms with Gasteiger partial charge < -0.3 is 10.6 Å². The van der Waals surface area contributed by atoms with Crippen molar-refractivity contribution in [2.45, 2.75) is 26.3 Å². The highest BCUT2D eigenvalue weighted by Crippen LogP contribution is 2.25. The molecule has 0 spiro atoms. The van der Waals surface area contributed by atoms with Crippen LogP contribution < -0.4 is 10.6 Å². The van der Waals surface area contributed by atoms with Crippen LogP contribution in [0.2, 0.25) is 0 Å². The summed E-state index contributed by atoms with van der Waals surface area (Å²) in [4.78, 5) is 6.76. The number of benzene rings is 1. The first-order valence-corrected chi connectivity index (χ1v) is 6.64. The Morgan fingerprint density at radius 1 is 1.32 bits per heavy atom. The maximum Gasteiger partial charge on any atom is 0.245 e. The lowest BCUT2D eigenvalue weighted by Gasteiger charge is -2.12. The summed E-state index contributed by atoms with van der Waals surface area (Å²) in [5, 5.41) is 7.38. The molecule has 1 fully saturated rings. The van der Waals surface area contributed by atoms with Crippen LogP contribution in [0.1, 0.15) is 17.5 Å². The Morgan fingerprint density at radius 3 is 2.68 bits per heavy atom. The minimum atomic E-state index is 0.238. The minimum Gasteiger partial charge on any atom is -0.338 e. The SMILES string of the molecule is Cc1cccc(C)c1-c1nc(N2CCC(N)C2)n[nH]1. The molecule has 1 aromatic heterocycles. The van der Waals surface area contributed by atoms with Crippen LogP contribution in [0.15, 0.2) is 18.2 Å². The van der Waals surface area contributed by atoms with Crippen molar-refractivity contribution in [1.29, 1.82) is 0 Å². The molecular weight excluding hydrogens is 238 g/mol. The predicted molar refractivity (Wildman–Crippen MR) is 76.1 cm³/mol. The molecule has 5 heteroatoms. The third kappa shape index (κ3) is 2.21. The number of hydrogen-bond acceptors (Lipinski definition) is 4. The van der Waals surface area contributed by atoms with E-state index in [1.807, 2.05) is 0 Å². The maximum atomic E-state index is 5.92. The van der Waals surface area contributed by atoms with Crippen LogP contribution in [0.25, 0.3) is 11.4 Å². The Morgan fingerprint density at radius 2 is 2.05 bits per heavy atom. The van der Waals surface area contributed by atoms with Crippen molar-refractivity contribution in [2.75, 3.05) is 18.0 Å². The van der Waals surface area contributed by atoms with Gasteiger partial charge in [0, 0.05) is 24.7 Å². The number of anilines is 1.